The molecule has 0 spiro atoms. The third kappa shape index (κ3) is 4.36. The monoisotopic (exact) mass is 385 g/mol. The van der Waals surface area contributed by atoms with Crippen molar-refractivity contribution in [2.24, 2.45) is 16.7 Å². The molecule has 3 rings (SSSR count). The quantitative estimate of drug-likeness (QED) is 0.726. The second-order valence-electron chi connectivity index (χ2n) is 8.92. The van der Waals surface area contributed by atoms with E-state index in [1.807, 2.05) is 7.11 Å². The highest BCUT2D eigenvalue weighted by atomic mass is 16.6. The fraction of sp³-hybridized carbons (Fsp3) is 1.00. The molecule has 1 heterocycles. The predicted molar refractivity (Wildman–Crippen MR) is 104 cm³/mol. The maximum Gasteiger partial charge on any atom is 0.0787 e. The zero-order chi connectivity index (χ0) is 19.3. The van der Waals surface area contributed by atoms with Crippen molar-refractivity contribution in [3.63, 3.8) is 0 Å². The Labute approximate surface area is 164 Å². The largest absolute Gasteiger partial charge is 0.379 e. The third-order valence-corrected chi connectivity index (χ3v) is 7.56. The SMILES string of the molecule is CO[C@H]1[C@@H](N2CCOCCOCCOCCOCC2)[C@H]2CC[C@]1(C)C2(C)C. The van der Waals surface area contributed by atoms with E-state index in [9.17, 15) is 0 Å². The molecule has 2 bridgehead atoms. The average molecular weight is 386 g/mol. The third-order valence-electron chi connectivity index (χ3n) is 7.56. The van der Waals surface area contributed by atoms with Gasteiger partial charge >= 0.3 is 0 Å². The van der Waals surface area contributed by atoms with Gasteiger partial charge in [0.05, 0.1) is 59.0 Å². The Balaban J connectivity index is 1.67. The molecule has 0 aromatic heterocycles. The molecule has 158 valence electrons. The summed E-state index contributed by atoms with van der Waals surface area (Å²) in [6.07, 6.45) is 2.81. The van der Waals surface area contributed by atoms with Crippen LogP contribution in [0.5, 0.6) is 0 Å². The normalized spacial score (nSPS) is 39.8. The molecular weight excluding hydrogens is 346 g/mol. The van der Waals surface area contributed by atoms with Crippen LogP contribution >= 0.6 is 0 Å². The molecular formula is C21H39NO5. The minimum atomic E-state index is 0.234. The van der Waals surface area contributed by atoms with Gasteiger partial charge in [-0.3, -0.25) is 4.90 Å². The van der Waals surface area contributed by atoms with Crippen molar-refractivity contribution in [1.29, 1.82) is 0 Å². The molecule has 3 fully saturated rings. The van der Waals surface area contributed by atoms with E-state index in [1.54, 1.807) is 0 Å². The van der Waals surface area contributed by atoms with Crippen LogP contribution in [-0.2, 0) is 23.7 Å². The molecule has 27 heavy (non-hydrogen) atoms. The molecule has 6 nitrogen and oxygen atoms in total. The van der Waals surface area contributed by atoms with Crippen molar-refractivity contribution >= 4 is 0 Å². The van der Waals surface area contributed by atoms with Crippen LogP contribution in [0, 0.1) is 16.7 Å². The van der Waals surface area contributed by atoms with E-state index in [0.717, 1.165) is 26.3 Å². The Morgan fingerprint density at radius 3 is 1.74 bits per heavy atom. The average Bonchev–Trinajstić information content (AvgIpc) is 2.96. The van der Waals surface area contributed by atoms with Crippen LogP contribution < -0.4 is 0 Å². The first kappa shape index (κ1) is 21.5. The van der Waals surface area contributed by atoms with E-state index < -0.39 is 0 Å². The van der Waals surface area contributed by atoms with E-state index in [1.165, 1.54) is 12.8 Å². The number of hydrogen-bond acceptors (Lipinski definition) is 6. The summed E-state index contributed by atoms with van der Waals surface area (Å²) >= 11 is 0. The predicted octanol–water partition coefficient (Wildman–Crippen LogP) is 2.21. The number of ether oxygens (including phenoxy) is 5. The van der Waals surface area contributed by atoms with Gasteiger partial charge in [-0.05, 0) is 24.2 Å². The summed E-state index contributed by atoms with van der Waals surface area (Å²) in [5.41, 5.74) is 0.524. The van der Waals surface area contributed by atoms with E-state index >= 15 is 0 Å². The van der Waals surface area contributed by atoms with Crippen molar-refractivity contribution in [2.45, 2.75) is 45.8 Å². The summed E-state index contributed by atoms with van der Waals surface area (Å²) in [6.45, 7) is 14.3. The second-order valence-corrected chi connectivity index (χ2v) is 8.92. The minimum absolute atomic E-state index is 0.234. The second kappa shape index (κ2) is 9.51. The van der Waals surface area contributed by atoms with Crippen LogP contribution in [0.25, 0.3) is 0 Å². The van der Waals surface area contributed by atoms with Crippen LogP contribution in [0.3, 0.4) is 0 Å². The Morgan fingerprint density at radius 2 is 1.26 bits per heavy atom. The van der Waals surface area contributed by atoms with Crippen molar-refractivity contribution in [3.8, 4) is 0 Å². The summed E-state index contributed by atoms with van der Waals surface area (Å²) in [6, 6.07) is 0.430. The number of methoxy groups -OCH3 is 1. The van der Waals surface area contributed by atoms with Crippen LogP contribution in [0.15, 0.2) is 0 Å². The van der Waals surface area contributed by atoms with Crippen molar-refractivity contribution in [2.75, 3.05) is 73.1 Å². The Hall–Kier alpha value is -0.240. The van der Waals surface area contributed by atoms with Crippen molar-refractivity contribution in [3.05, 3.63) is 0 Å². The van der Waals surface area contributed by atoms with E-state index in [0.29, 0.717) is 57.0 Å². The van der Waals surface area contributed by atoms with E-state index in [4.69, 9.17) is 23.7 Å². The Kier molecular flexibility index (Phi) is 7.56. The zero-order valence-electron chi connectivity index (χ0n) is 17.7. The first-order valence-electron chi connectivity index (χ1n) is 10.6. The molecule has 0 aromatic rings. The van der Waals surface area contributed by atoms with Gasteiger partial charge < -0.3 is 23.7 Å². The lowest BCUT2D eigenvalue weighted by molar-refractivity contribution is -0.0678. The van der Waals surface area contributed by atoms with Gasteiger partial charge in [-0.2, -0.15) is 0 Å². The van der Waals surface area contributed by atoms with Gasteiger partial charge in [0.15, 0.2) is 0 Å². The summed E-state index contributed by atoms with van der Waals surface area (Å²) in [4.78, 5) is 2.56. The Bertz CT molecular complexity index is 444. The van der Waals surface area contributed by atoms with Gasteiger partial charge in [-0.15, -0.1) is 0 Å². The lowest BCUT2D eigenvalue weighted by atomic mass is 9.70. The lowest BCUT2D eigenvalue weighted by Crippen LogP contribution is -2.52. The highest BCUT2D eigenvalue weighted by Crippen LogP contribution is 2.67. The van der Waals surface area contributed by atoms with Crippen molar-refractivity contribution < 1.29 is 23.7 Å². The van der Waals surface area contributed by atoms with E-state index in [-0.39, 0.29) is 11.5 Å². The van der Waals surface area contributed by atoms with Crippen molar-refractivity contribution in [1.82, 2.24) is 4.90 Å². The molecule has 0 amide bonds. The first-order chi connectivity index (χ1) is 13.0. The number of nitrogens with zero attached hydrogens (tertiary/aromatic N) is 1. The highest BCUT2D eigenvalue weighted by Gasteiger charge is 2.67. The van der Waals surface area contributed by atoms with Gasteiger partial charge in [0.1, 0.15) is 0 Å². The first-order valence-corrected chi connectivity index (χ1v) is 10.6. The van der Waals surface area contributed by atoms with Gasteiger partial charge in [0.2, 0.25) is 0 Å². The van der Waals surface area contributed by atoms with Crippen LogP contribution in [-0.4, -0.2) is 90.1 Å². The summed E-state index contributed by atoms with van der Waals surface area (Å²) in [5.74, 6) is 0.654. The standard InChI is InChI=1S/C21H39NO5/c1-20(2)17-5-6-21(20,3)19(23-4)18(17)22-7-9-24-11-13-26-15-16-27-14-12-25-10-8-22/h17-19H,5-16H2,1-4H3/t17-,18+,19+,21+/m1/s1. The molecule has 2 aliphatic carbocycles. The Morgan fingerprint density at radius 1 is 0.778 bits per heavy atom. The molecule has 3 aliphatic rings. The lowest BCUT2D eigenvalue weighted by Gasteiger charge is -2.42. The topological polar surface area (TPSA) is 49.4 Å². The number of hydrogen-bond donors (Lipinski definition) is 0. The minimum Gasteiger partial charge on any atom is -0.379 e. The molecule has 1 saturated heterocycles. The summed E-state index contributed by atoms with van der Waals surface area (Å²) in [7, 11) is 1.88. The van der Waals surface area contributed by atoms with Crippen LogP contribution in [0.4, 0.5) is 0 Å². The van der Waals surface area contributed by atoms with Gasteiger partial charge in [-0.1, -0.05) is 20.8 Å². The molecule has 4 atom stereocenters. The smallest absolute Gasteiger partial charge is 0.0787 e. The summed E-state index contributed by atoms with van der Waals surface area (Å²) < 4.78 is 28.8. The maximum absolute atomic E-state index is 6.11. The van der Waals surface area contributed by atoms with E-state index in [2.05, 4.69) is 25.7 Å². The molecule has 0 aromatic carbocycles. The van der Waals surface area contributed by atoms with Gasteiger partial charge in [-0.25, -0.2) is 0 Å². The number of fused-ring (bicyclic) bond motifs is 2. The fourth-order valence-corrected chi connectivity index (χ4v) is 5.64. The summed E-state index contributed by atoms with van der Waals surface area (Å²) in [5, 5.41) is 0. The van der Waals surface area contributed by atoms with Crippen LogP contribution in [0.1, 0.15) is 33.6 Å². The molecule has 6 heteroatoms. The highest BCUT2D eigenvalue weighted by molar-refractivity contribution is 5.18. The fourth-order valence-electron chi connectivity index (χ4n) is 5.64. The van der Waals surface area contributed by atoms with Gasteiger partial charge in [0.25, 0.3) is 0 Å². The molecule has 1 aliphatic heterocycles. The van der Waals surface area contributed by atoms with Gasteiger partial charge in [0, 0.05) is 31.7 Å². The molecule has 0 N–H and O–H groups in total. The molecule has 0 unspecified atom stereocenters. The number of rotatable bonds is 2. The zero-order valence-corrected chi connectivity index (χ0v) is 17.7. The molecule has 0 radical (unpaired) electrons. The molecule has 2 saturated carbocycles. The maximum atomic E-state index is 6.11. The van der Waals surface area contributed by atoms with Crippen LogP contribution in [0.2, 0.25) is 0 Å².